The molecule has 5 nitrogen and oxygen atoms in total. The second-order valence-electron chi connectivity index (χ2n) is 4.35. The van der Waals surface area contributed by atoms with Crippen molar-refractivity contribution in [3.63, 3.8) is 0 Å². The number of nitrogens with one attached hydrogen (secondary N) is 1. The molecule has 1 aromatic heterocycles. The molecular formula is C14H17FN4O. The second kappa shape index (κ2) is 5.73. The highest BCUT2D eigenvalue weighted by Crippen LogP contribution is 2.24. The Bertz CT molecular complexity index is 636. The summed E-state index contributed by atoms with van der Waals surface area (Å²) in [5.74, 6) is 0.0980. The van der Waals surface area contributed by atoms with Crippen LogP contribution in [0.1, 0.15) is 23.7 Å². The largest absolute Gasteiger partial charge is 0.481 e. The second-order valence-corrected chi connectivity index (χ2v) is 4.35. The van der Waals surface area contributed by atoms with E-state index >= 15 is 0 Å². The number of amidine groups is 1. The van der Waals surface area contributed by atoms with Crippen molar-refractivity contribution in [1.29, 1.82) is 5.41 Å². The van der Waals surface area contributed by atoms with Gasteiger partial charge in [-0.15, -0.1) is 0 Å². The Morgan fingerprint density at radius 2 is 2.15 bits per heavy atom. The maximum absolute atomic E-state index is 13.7. The number of nitrogen functional groups attached to an aromatic ring is 1. The number of nitrogens with zero attached hydrogens (tertiary/aromatic N) is 2. The molecule has 6 heteroatoms. The summed E-state index contributed by atoms with van der Waals surface area (Å²) in [7, 11) is 1.53. The van der Waals surface area contributed by atoms with Crippen molar-refractivity contribution < 1.29 is 9.13 Å². The van der Waals surface area contributed by atoms with Gasteiger partial charge in [0.05, 0.1) is 13.7 Å². The standard InChI is InChI=1S/C14H17FN4O/c1-3-10-12(13(16)17)18-19(14(10)20-2)8-9-6-4-5-7-11(9)15/h4-7H,3,8H2,1-2H3,(H3,16,17). The van der Waals surface area contributed by atoms with E-state index in [4.69, 9.17) is 15.9 Å². The molecule has 0 saturated carbocycles. The number of methoxy groups -OCH3 is 1. The number of nitrogens with two attached hydrogens (primary N) is 1. The number of halogens is 1. The van der Waals surface area contributed by atoms with Crippen LogP contribution in [0.3, 0.4) is 0 Å². The van der Waals surface area contributed by atoms with Gasteiger partial charge in [0.25, 0.3) is 0 Å². The lowest BCUT2D eigenvalue weighted by atomic mass is 10.2. The van der Waals surface area contributed by atoms with Crippen LogP contribution in [0.5, 0.6) is 5.88 Å². The molecule has 106 valence electrons. The normalized spacial score (nSPS) is 10.6. The van der Waals surface area contributed by atoms with Crippen LogP contribution < -0.4 is 10.5 Å². The zero-order valence-corrected chi connectivity index (χ0v) is 11.5. The molecule has 1 aromatic carbocycles. The van der Waals surface area contributed by atoms with Gasteiger partial charge in [-0.1, -0.05) is 25.1 Å². The van der Waals surface area contributed by atoms with Gasteiger partial charge in [0.2, 0.25) is 5.88 Å². The van der Waals surface area contributed by atoms with E-state index in [1.54, 1.807) is 18.2 Å². The Morgan fingerprint density at radius 3 is 2.70 bits per heavy atom. The van der Waals surface area contributed by atoms with E-state index < -0.39 is 0 Å². The lowest BCUT2D eigenvalue weighted by Gasteiger charge is -2.08. The lowest BCUT2D eigenvalue weighted by Crippen LogP contribution is -2.14. The van der Waals surface area contributed by atoms with Crippen molar-refractivity contribution >= 4 is 5.84 Å². The molecule has 0 saturated heterocycles. The molecule has 3 N–H and O–H groups in total. The molecule has 20 heavy (non-hydrogen) atoms. The number of benzene rings is 1. The number of hydrogen-bond donors (Lipinski definition) is 2. The summed E-state index contributed by atoms with van der Waals surface area (Å²) in [6, 6.07) is 6.49. The first-order valence-corrected chi connectivity index (χ1v) is 6.30. The van der Waals surface area contributed by atoms with Crippen molar-refractivity contribution in [2.24, 2.45) is 5.73 Å². The zero-order valence-electron chi connectivity index (χ0n) is 11.5. The van der Waals surface area contributed by atoms with Gasteiger partial charge in [-0.25, -0.2) is 9.07 Å². The minimum absolute atomic E-state index is 0.118. The minimum atomic E-state index is -0.299. The smallest absolute Gasteiger partial charge is 0.215 e. The van der Waals surface area contributed by atoms with E-state index in [9.17, 15) is 4.39 Å². The molecule has 0 aliphatic heterocycles. The Labute approximate surface area is 116 Å². The highest BCUT2D eigenvalue weighted by molar-refractivity contribution is 5.95. The van der Waals surface area contributed by atoms with Crippen LogP contribution in [0.15, 0.2) is 24.3 Å². The maximum Gasteiger partial charge on any atom is 0.215 e. The van der Waals surface area contributed by atoms with Gasteiger partial charge in [-0.2, -0.15) is 5.10 Å². The molecule has 2 aromatic rings. The van der Waals surface area contributed by atoms with Crippen molar-refractivity contribution in [1.82, 2.24) is 9.78 Å². The number of aromatic nitrogens is 2. The lowest BCUT2D eigenvalue weighted by molar-refractivity contribution is 0.362. The first-order valence-electron chi connectivity index (χ1n) is 6.30. The minimum Gasteiger partial charge on any atom is -0.481 e. The van der Waals surface area contributed by atoms with Crippen LogP contribution in [0.2, 0.25) is 0 Å². The van der Waals surface area contributed by atoms with Crippen molar-refractivity contribution in [3.8, 4) is 5.88 Å². The van der Waals surface area contributed by atoms with Gasteiger partial charge in [-0.3, -0.25) is 5.41 Å². The summed E-state index contributed by atoms with van der Waals surface area (Å²) in [4.78, 5) is 0. The quantitative estimate of drug-likeness (QED) is 0.647. The summed E-state index contributed by atoms with van der Waals surface area (Å²) in [5, 5.41) is 11.8. The van der Waals surface area contributed by atoms with Crippen LogP contribution in [0, 0.1) is 11.2 Å². The van der Waals surface area contributed by atoms with Crippen molar-refractivity contribution in [3.05, 3.63) is 46.9 Å². The van der Waals surface area contributed by atoms with E-state index in [1.807, 2.05) is 6.92 Å². The fraction of sp³-hybridized carbons (Fsp3) is 0.286. The fourth-order valence-electron chi connectivity index (χ4n) is 2.14. The third-order valence-corrected chi connectivity index (χ3v) is 3.08. The number of hydrogen-bond acceptors (Lipinski definition) is 3. The van der Waals surface area contributed by atoms with E-state index in [1.165, 1.54) is 17.9 Å². The summed E-state index contributed by atoms with van der Waals surface area (Å²) in [6.07, 6.45) is 0.634. The Hall–Kier alpha value is -2.37. The van der Waals surface area contributed by atoms with Gasteiger partial charge in [0, 0.05) is 11.1 Å². The average molecular weight is 276 g/mol. The summed E-state index contributed by atoms with van der Waals surface area (Å²) in [5.41, 5.74) is 7.18. The fourth-order valence-corrected chi connectivity index (χ4v) is 2.14. The third kappa shape index (κ3) is 2.49. The van der Waals surface area contributed by atoms with Gasteiger partial charge >= 0.3 is 0 Å². The van der Waals surface area contributed by atoms with E-state index in [0.29, 0.717) is 23.6 Å². The van der Waals surface area contributed by atoms with Crippen molar-refractivity contribution in [2.75, 3.05) is 7.11 Å². The van der Waals surface area contributed by atoms with Gasteiger partial charge < -0.3 is 10.5 Å². The van der Waals surface area contributed by atoms with Crippen LogP contribution in [0.25, 0.3) is 0 Å². The summed E-state index contributed by atoms with van der Waals surface area (Å²) < 4.78 is 20.6. The topological polar surface area (TPSA) is 76.9 Å². The van der Waals surface area contributed by atoms with Crippen LogP contribution in [-0.2, 0) is 13.0 Å². The van der Waals surface area contributed by atoms with Crippen molar-refractivity contribution in [2.45, 2.75) is 19.9 Å². The Morgan fingerprint density at radius 1 is 1.45 bits per heavy atom. The van der Waals surface area contributed by atoms with Gasteiger partial charge in [0.15, 0.2) is 0 Å². The first kappa shape index (κ1) is 14.0. The SMILES string of the molecule is CCc1c(C(=N)N)nn(Cc2ccccc2F)c1OC. The molecular weight excluding hydrogens is 259 g/mol. The zero-order chi connectivity index (χ0) is 14.7. The molecule has 0 atom stereocenters. The van der Waals surface area contributed by atoms with Crippen LogP contribution >= 0.6 is 0 Å². The van der Waals surface area contributed by atoms with E-state index in [-0.39, 0.29) is 18.2 Å². The predicted molar refractivity (Wildman–Crippen MR) is 74.7 cm³/mol. The van der Waals surface area contributed by atoms with E-state index in [0.717, 1.165) is 5.56 Å². The van der Waals surface area contributed by atoms with Crippen LogP contribution in [-0.4, -0.2) is 22.7 Å². The molecule has 0 unspecified atom stereocenters. The van der Waals surface area contributed by atoms with Gasteiger partial charge in [-0.05, 0) is 12.5 Å². The molecule has 0 aliphatic rings. The summed E-state index contributed by atoms with van der Waals surface area (Å²) >= 11 is 0. The molecule has 0 spiro atoms. The predicted octanol–water partition coefficient (Wildman–Crippen LogP) is 1.93. The Kier molecular flexibility index (Phi) is 4.02. The third-order valence-electron chi connectivity index (χ3n) is 3.08. The highest BCUT2D eigenvalue weighted by Gasteiger charge is 2.19. The van der Waals surface area contributed by atoms with E-state index in [2.05, 4.69) is 5.10 Å². The maximum atomic E-state index is 13.7. The summed E-state index contributed by atoms with van der Waals surface area (Å²) in [6.45, 7) is 2.16. The average Bonchev–Trinajstić information content (AvgIpc) is 2.79. The van der Waals surface area contributed by atoms with Gasteiger partial charge in [0.1, 0.15) is 17.3 Å². The monoisotopic (exact) mass is 276 g/mol. The first-order chi connectivity index (χ1) is 9.58. The Balaban J connectivity index is 2.47. The number of rotatable bonds is 5. The molecule has 0 aliphatic carbocycles. The van der Waals surface area contributed by atoms with Crippen LogP contribution in [0.4, 0.5) is 4.39 Å². The molecule has 1 heterocycles. The molecule has 0 radical (unpaired) electrons. The molecule has 0 bridgehead atoms. The number of ether oxygens (including phenoxy) is 1. The highest BCUT2D eigenvalue weighted by atomic mass is 19.1. The molecule has 2 rings (SSSR count). The molecule has 0 amide bonds. The molecule has 0 fully saturated rings.